The van der Waals surface area contributed by atoms with Gasteiger partial charge in [0.25, 0.3) is 0 Å². The highest BCUT2D eigenvalue weighted by atomic mass is 32.2. The first-order valence-corrected chi connectivity index (χ1v) is 9.01. The van der Waals surface area contributed by atoms with Crippen molar-refractivity contribution in [3.05, 3.63) is 28.7 Å². The Kier molecular flexibility index (Phi) is 4.86. The normalized spacial score (nSPS) is 12.2. The van der Waals surface area contributed by atoms with Crippen LogP contribution in [0, 0.1) is 0 Å². The Morgan fingerprint density at radius 2 is 2.12 bits per heavy atom. The molecule has 3 aromatic rings. The number of anilines is 2. The van der Waals surface area contributed by atoms with E-state index < -0.39 is 0 Å². The Hall–Kier alpha value is -2.33. The van der Waals surface area contributed by atoms with Crippen molar-refractivity contribution >= 4 is 50.9 Å². The zero-order valence-electron chi connectivity index (χ0n) is 13.0. The second-order valence-corrected chi connectivity index (χ2v) is 7.56. The lowest BCUT2D eigenvalue weighted by atomic mass is 10.2. The highest BCUT2D eigenvalue weighted by Gasteiger charge is 2.17. The van der Waals surface area contributed by atoms with E-state index in [0.717, 1.165) is 16.0 Å². The molecule has 10 heteroatoms. The Bertz CT molecular complexity index is 915. The number of nitrogens with one attached hydrogen (secondary N) is 4. The minimum atomic E-state index is -0.326. The summed E-state index contributed by atoms with van der Waals surface area (Å²) < 4.78 is 0.735. The van der Waals surface area contributed by atoms with Crippen LogP contribution in [0.5, 0.6) is 0 Å². The molecule has 0 unspecified atom stereocenters. The Morgan fingerprint density at radius 3 is 2.92 bits per heavy atom. The predicted octanol–water partition coefficient (Wildman–Crippen LogP) is 2.26. The van der Waals surface area contributed by atoms with Gasteiger partial charge in [0.15, 0.2) is 4.34 Å². The summed E-state index contributed by atoms with van der Waals surface area (Å²) in [7, 11) is 0. The van der Waals surface area contributed by atoms with Gasteiger partial charge in [0.2, 0.25) is 11.0 Å². The maximum atomic E-state index is 12.3. The number of aromatic amines is 2. The first kappa shape index (κ1) is 16.5. The fourth-order valence-corrected chi connectivity index (χ4v) is 4.00. The molecule has 8 nitrogen and oxygen atoms in total. The van der Waals surface area contributed by atoms with Crippen LogP contribution in [0.4, 0.5) is 10.8 Å². The van der Waals surface area contributed by atoms with Crippen molar-refractivity contribution in [3.63, 3.8) is 0 Å². The smallest absolute Gasteiger partial charge is 0.323 e. The van der Waals surface area contributed by atoms with Crippen molar-refractivity contribution in [1.82, 2.24) is 20.2 Å². The summed E-state index contributed by atoms with van der Waals surface area (Å²) in [6, 6.07) is 5.21. The minimum Gasteiger partial charge on any atom is -0.360 e. The van der Waals surface area contributed by atoms with Crippen LogP contribution in [0.3, 0.4) is 0 Å². The van der Waals surface area contributed by atoms with Crippen LogP contribution < -0.4 is 16.3 Å². The first-order valence-electron chi connectivity index (χ1n) is 7.32. The molecule has 1 atom stereocenters. The number of carbonyl (C=O) groups excluding carboxylic acids is 1. The van der Waals surface area contributed by atoms with E-state index in [1.807, 2.05) is 13.8 Å². The van der Waals surface area contributed by atoms with E-state index in [4.69, 9.17) is 0 Å². The third kappa shape index (κ3) is 3.77. The van der Waals surface area contributed by atoms with Crippen molar-refractivity contribution in [1.29, 1.82) is 0 Å². The Morgan fingerprint density at radius 1 is 1.33 bits per heavy atom. The second kappa shape index (κ2) is 7.05. The summed E-state index contributed by atoms with van der Waals surface area (Å²) in [5.74, 6) is -0.141. The van der Waals surface area contributed by atoms with E-state index in [9.17, 15) is 9.59 Å². The molecular formula is C14H16N6O2S2. The molecule has 2 aromatic heterocycles. The average molecular weight is 364 g/mol. The lowest BCUT2D eigenvalue weighted by molar-refractivity contribution is -0.115. The van der Waals surface area contributed by atoms with E-state index in [0.29, 0.717) is 16.7 Å². The lowest BCUT2D eigenvalue weighted by Crippen LogP contribution is -2.22. The third-order valence-electron chi connectivity index (χ3n) is 3.16. The van der Waals surface area contributed by atoms with Crippen molar-refractivity contribution < 1.29 is 4.79 Å². The van der Waals surface area contributed by atoms with E-state index >= 15 is 0 Å². The number of H-pyrrole nitrogens is 2. The van der Waals surface area contributed by atoms with Crippen molar-refractivity contribution in [2.24, 2.45) is 0 Å². The van der Waals surface area contributed by atoms with Gasteiger partial charge in [0.1, 0.15) is 0 Å². The van der Waals surface area contributed by atoms with Gasteiger partial charge in [-0.2, -0.15) is 0 Å². The topological polar surface area (TPSA) is 116 Å². The predicted molar refractivity (Wildman–Crippen MR) is 96.9 cm³/mol. The van der Waals surface area contributed by atoms with Gasteiger partial charge in [0, 0.05) is 12.2 Å². The van der Waals surface area contributed by atoms with Gasteiger partial charge in [-0.05, 0) is 32.0 Å². The summed E-state index contributed by atoms with van der Waals surface area (Å²) in [6.45, 7) is 4.57. The summed E-state index contributed by atoms with van der Waals surface area (Å²) >= 11 is 2.77. The Balaban J connectivity index is 1.64. The number of carbonyl (C=O) groups is 1. The number of nitrogens with zero attached hydrogens (tertiary/aromatic N) is 2. The maximum absolute atomic E-state index is 12.3. The number of benzene rings is 1. The highest BCUT2D eigenvalue weighted by Crippen LogP contribution is 2.29. The molecule has 0 aliphatic rings. The first-order chi connectivity index (χ1) is 11.5. The molecule has 0 fully saturated rings. The van der Waals surface area contributed by atoms with E-state index in [2.05, 4.69) is 30.8 Å². The van der Waals surface area contributed by atoms with Gasteiger partial charge >= 0.3 is 5.69 Å². The van der Waals surface area contributed by atoms with Gasteiger partial charge in [-0.25, -0.2) is 4.79 Å². The van der Waals surface area contributed by atoms with Gasteiger partial charge in [-0.15, -0.1) is 10.2 Å². The van der Waals surface area contributed by atoms with Gasteiger partial charge in [-0.3, -0.25) is 4.79 Å². The summed E-state index contributed by atoms with van der Waals surface area (Å²) in [4.78, 5) is 28.9. The SMILES string of the molecule is CCNc1nnc(S[C@H](C)C(=O)Nc2ccc3[nH]c(=O)[nH]c3c2)s1. The number of aromatic nitrogens is 4. The molecule has 0 spiro atoms. The van der Waals surface area contributed by atoms with Crippen molar-refractivity contribution in [2.75, 3.05) is 17.2 Å². The fraction of sp³-hybridized carbons (Fsp3) is 0.286. The number of amides is 1. The van der Waals surface area contributed by atoms with Gasteiger partial charge in [-0.1, -0.05) is 23.1 Å². The number of imidazole rings is 1. The molecule has 2 heterocycles. The monoisotopic (exact) mass is 364 g/mol. The lowest BCUT2D eigenvalue weighted by Gasteiger charge is -2.10. The third-order valence-corrected chi connectivity index (χ3v) is 5.23. The van der Waals surface area contributed by atoms with Gasteiger partial charge < -0.3 is 20.6 Å². The largest absolute Gasteiger partial charge is 0.360 e. The van der Waals surface area contributed by atoms with E-state index in [-0.39, 0.29) is 16.8 Å². The quantitative estimate of drug-likeness (QED) is 0.499. The molecule has 4 N–H and O–H groups in total. The molecular weight excluding hydrogens is 348 g/mol. The molecule has 0 aliphatic carbocycles. The van der Waals surface area contributed by atoms with Crippen LogP contribution in [-0.4, -0.2) is 37.9 Å². The molecule has 0 saturated carbocycles. The number of rotatable bonds is 6. The molecule has 0 bridgehead atoms. The Labute approximate surface area is 145 Å². The van der Waals surface area contributed by atoms with Crippen LogP contribution >= 0.6 is 23.1 Å². The molecule has 3 rings (SSSR count). The summed E-state index contributed by atoms with van der Waals surface area (Å²) in [6.07, 6.45) is 0. The maximum Gasteiger partial charge on any atom is 0.323 e. The van der Waals surface area contributed by atoms with Crippen LogP contribution in [0.2, 0.25) is 0 Å². The number of hydrogen-bond donors (Lipinski definition) is 4. The van der Waals surface area contributed by atoms with E-state index in [1.165, 1.54) is 23.1 Å². The molecule has 0 saturated heterocycles. The summed E-state index contributed by atoms with van der Waals surface area (Å²) in [5.41, 5.74) is 1.70. The van der Waals surface area contributed by atoms with Gasteiger partial charge in [0.05, 0.1) is 16.3 Å². The second-order valence-electron chi connectivity index (χ2n) is 4.99. The van der Waals surface area contributed by atoms with E-state index in [1.54, 1.807) is 18.2 Å². The van der Waals surface area contributed by atoms with Crippen LogP contribution in [0.25, 0.3) is 11.0 Å². The van der Waals surface area contributed by atoms with Crippen molar-refractivity contribution in [3.8, 4) is 0 Å². The standard InChI is InChI=1S/C14H16N6O2S2/c1-3-15-13-19-20-14(24-13)23-7(2)11(21)16-8-4-5-9-10(6-8)18-12(22)17-9/h4-7H,3H2,1-2H3,(H,15,19)(H,16,21)(H2,17,18,22)/t7-/m1/s1. The molecule has 1 aromatic carbocycles. The zero-order valence-corrected chi connectivity index (χ0v) is 14.7. The van der Waals surface area contributed by atoms with Crippen LogP contribution in [0.15, 0.2) is 27.3 Å². The zero-order chi connectivity index (χ0) is 17.1. The number of fused-ring (bicyclic) bond motifs is 1. The summed E-state index contributed by atoms with van der Waals surface area (Å²) in [5, 5.41) is 14.4. The molecule has 0 radical (unpaired) electrons. The number of hydrogen-bond acceptors (Lipinski definition) is 7. The van der Waals surface area contributed by atoms with Crippen LogP contribution in [0.1, 0.15) is 13.8 Å². The highest BCUT2D eigenvalue weighted by molar-refractivity contribution is 8.02. The molecule has 1 amide bonds. The molecule has 0 aliphatic heterocycles. The fourth-order valence-electron chi connectivity index (χ4n) is 2.04. The number of thioether (sulfide) groups is 1. The average Bonchev–Trinajstić information content (AvgIpc) is 3.12. The molecule has 126 valence electrons. The van der Waals surface area contributed by atoms with Crippen LogP contribution in [-0.2, 0) is 4.79 Å². The van der Waals surface area contributed by atoms with Crippen molar-refractivity contribution in [2.45, 2.75) is 23.4 Å². The minimum absolute atomic E-state index is 0.141. The molecule has 24 heavy (non-hydrogen) atoms.